The first kappa shape index (κ1) is 26.1. The van der Waals surface area contributed by atoms with Crippen molar-refractivity contribution in [3.8, 4) is 11.5 Å². The zero-order valence-electron chi connectivity index (χ0n) is 20.3. The Balaban J connectivity index is 1.26. The van der Waals surface area contributed by atoms with Crippen molar-refractivity contribution in [2.45, 2.75) is 31.5 Å². The molecule has 2 aliphatic rings. The third kappa shape index (κ3) is 7.75. The van der Waals surface area contributed by atoms with Gasteiger partial charge in [-0.1, -0.05) is 0 Å². The van der Waals surface area contributed by atoms with E-state index in [-0.39, 0.29) is 11.5 Å². The molecule has 2 saturated heterocycles. The Morgan fingerprint density at radius 1 is 0.853 bits per heavy atom. The fourth-order valence-corrected chi connectivity index (χ4v) is 9.90. The molecule has 2 heterocycles. The normalized spacial score (nSPS) is 19.5. The van der Waals surface area contributed by atoms with E-state index in [2.05, 4.69) is 43.0 Å². The Hall–Kier alpha value is -1.00. The van der Waals surface area contributed by atoms with Gasteiger partial charge in [0.25, 0.3) is 0 Å². The van der Waals surface area contributed by atoms with Crippen LogP contribution >= 0.6 is 31.6 Å². The van der Waals surface area contributed by atoms with Gasteiger partial charge in [-0.3, -0.25) is 4.90 Å². The summed E-state index contributed by atoms with van der Waals surface area (Å²) in [6.07, 6.45) is -0.786. The summed E-state index contributed by atoms with van der Waals surface area (Å²) in [7, 11) is 0. The van der Waals surface area contributed by atoms with Gasteiger partial charge in [-0.05, 0) is 0 Å². The Bertz CT molecular complexity index is 883. The molecular formula is C27H38INO4S. The molecule has 0 saturated carbocycles. The standard InChI is InChI=1S/C27H38INO4S/c1-27(2,21-3-7-25(8-4-21)32-19-23(30)17-28-11-12-28)22-5-9-26(10-6-22)33-20-24(31)18-29-13-15-34-16-14-29/h3-10,23-24,30-31H,11-20H2,1-2H3. The summed E-state index contributed by atoms with van der Waals surface area (Å²) >= 11 is 1.27. The number of ether oxygens (including phenoxy) is 2. The number of hydrogen-bond acceptors (Lipinski definition) is 6. The van der Waals surface area contributed by atoms with E-state index in [0.717, 1.165) is 40.5 Å². The number of halogens is 1. The van der Waals surface area contributed by atoms with Gasteiger partial charge in [0.05, 0.1) is 0 Å². The van der Waals surface area contributed by atoms with Crippen LogP contribution in [0, 0.1) is 0 Å². The molecule has 188 valence electrons. The Morgan fingerprint density at radius 3 is 1.85 bits per heavy atom. The Labute approximate surface area is 215 Å². The van der Waals surface area contributed by atoms with E-state index in [9.17, 15) is 10.2 Å². The maximum absolute atomic E-state index is 10.3. The zero-order valence-corrected chi connectivity index (χ0v) is 23.3. The van der Waals surface area contributed by atoms with Crippen LogP contribution < -0.4 is 9.47 Å². The number of β-amino-alcohol motifs (C(OH)–C–C–N with tert-alkyl or cyclic N) is 1. The predicted molar refractivity (Wildman–Crippen MR) is 150 cm³/mol. The number of benzene rings is 2. The summed E-state index contributed by atoms with van der Waals surface area (Å²) in [4.78, 5) is 2.31. The van der Waals surface area contributed by atoms with Crippen LogP contribution in [0.3, 0.4) is 0 Å². The summed E-state index contributed by atoms with van der Waals surface area (Å²) in [6, 6.07) is 16.4. The SMILES string of the molecule is CC(C)(c1ccc(OCC(O)CN2CCSCC2)cc1)c1ccc(OCC(O)CI2CC2)cc1. The third-order valence-electron chi connectivity index (χ3n) is 6.46. The van der Waals surface area contributed by atoms with E-state index in [1.807, 2.05) is 36.0 Å². The van der Waals surface area contributed by atoms with Crippen LogP contribution in [-0.2, 0) is 5.41 Å². The van der Waals surface area contributed by atoms with Crippen LogP contribution in [0.4, 0.5) is 0 Å². The molecule has 0 radical (unpaired) electrons. The second kappa shape index (κ2) is 12.3. The van der Waals surface area contributed by atoms with Crippen LogP contribution in [0.1, 0.15) is 25.0 Å². The molecule has 0 amide bonds. The molecule has 4 rings (SSSR count). The number of aliphatic hydroxyl groups excluding tert-OH is 2. The van der Waals surface area contributed by atoms with Crippen molar-refractivity contribution in [2.24, 2.45) is 0 Å². The van der Waals surface area contributed by atoms with E-state index in [4.69, 9.17) is 9.47 Å². The number of aliphatic hydroxyl groups is 2. The topological polar surface area (TPSA) is 62.2 Å². The van der Waals surface area contributed by atoms with Crippen molar-refractivity contribution in [1.29, 1.82) is 0 Å². The Morgan fingerprint density at radius 2 is 1.35 bits per heavy atom. The molecular weight excluding hydrogens is 561 g/mol. The molecule has 0 aromatic heterocycles. The molecule has 2 aromatic rings. The van der Waals surface area contributed by atoms with Gasteiger partial charge in [-0.15, -0.1) is 0 Å². The molecule has 2 fully saturated rings. The van der Waals surface area contributed by atoms with Gasteiger partial charge in [0.2, 0.25) is 0 Å². The molecule has 2 unspecified atom stereocenters. The molecule has 2 atom stereocenters. The molecule has 2 aliphatic heterocycles. The van der Waals surface area contributed by atoms with Crippen molar-refractivity contribution < 1.29 is 19.7 Å². The van der Waals surface area contributed by atoms with Gasteiger partial charge >= 0.3 is 140 Å². The van der Waals surface area contributed by atoms with E-state index < -0.39 is 25.9 Å². The van der Waals surface area contributed by atoms with Crippen molar-refractivity contribution in [3.63, 3.8) is 0 Å². The van der Waals surface area contributed by atoms with Crippen molar-refractivity contribution in [1.82, 2.24) is 4.90 Å². The summed E-state index contributed by atoms with van der Waals surface area (Å²) in [5.41, 5.74) is 2.24. The molecule has 5 nitrogen and oxygen atoms in total. The maximum atomic E-state index is 10.3. The minimum atomic E-state index is -0.705. The van der Waals surface area contributed by atoms with Gasteiger partial charge in [0.15, 0.2) is 0 Å². The van der Waals surface area contributed by atoms with Gasteiger partial charge in [0, 0.05) is 31.1 Å². The number of hydrogen-bond donors (Lipinski definition) is 2. The first-order valence-electron chi connectivity index (χ1n) is 12.1. The summed E-state index contributed by atoms with van der Waals surface area (Å²) in [5.74, 6) is 3.88. The molecule has 7 heteroatoms. The molecule has 34 heavy (non-hydrogen) atoms. The average Bonchev–Trinajstić information content (AvgIpc) is 3.66. The van der Waals surface area contributed by atoms with E-state index >= 15 is 0 Å². The molecule has 2 N–H and O–H groups in total. The molecule has 2 aromatic carbocycles. The fourth-order valence-electron chi connectivity index (χ4n) is 4.12. The second-order valence-electron chi connectivity index (χ2n) is 9.62. The van der Waals surface area contributed by atoms with Gasteiger partial charge in [-0.2, -0.15) is 11.8 Å². The van der Waals surface area contributed by atoms with Crippen LogP contribution in [0.25, 0.3) is 0 Å². The number of alkyl halides is 3. The zero-order chi connectivity index (χ0) is 24.0. The van der Waals surface area contributed by atoms with Gasteiger partial charge in [-0.25, -0.2) is 0 Å². The number of nitrogens with zero attached hydrogens (tertiary/aromatic N) is 1. The molecule has 0 bridgehead atoms. The van der Waals surface area contributed by atoms with Crippen molar-refractivity contribution >= 4 is 31.6 Å². The third-order valence-corrected chi connectivity index (χ3v) is 12.3. The van der Waals surface area contributed by atoms with E-state index in [1.54, 1.807) is 0 Å². The van der Waals surface area contributed by atoms with Crippen LogP contribution in [0.2, 0.25) is 0 Å². The van der Waals surface area contributed by atoms with Gasteiger partial charge < -0.3 is 9.84 Å². The molecule has 0 aliphatic carbocycles. The monoisotopic (exact) mass is 599 g/mol. The fraction of sp³-hybridized carbons (Fsp3) is 0.556. The van der Waals surface area contributed by atoms with Crippen LogP contribution in [0.15, 0.2) is 48.5 Å². The van der Waals surface area contributed by atoms with Gasteiger partial charge in [0.1, 0.15) is 18.5 Å². The first-order valence-corrected chi connectivity index (χ1v) is 17.8. The molecule has 0 spiro atoms. The van der Waals surface area contributed by atoms with Crippen molar-refractivity contribution in [2.75, 3.05) is 57.6 Å². The first-order chi connectivity index (χ1) is 16.4. The number of rotatable bonds is 12. The van der Waals surface area contributed by atoms with Crippen molar-refractivity contribution in [3.05, 3.63) is 59.7 Å². The quantitative estimate of drug-likeness (QED) is 0.284. The minimum absolute atomic E-state index is 0.166. The summed E-state index contributed by atoms with van der Waals surface area (Å²) in [6.45, 7) is 7.89. The summed E-state index contributed by atoms with van der Waals surface area (Å²) < 4.78 is 15.5. The van der Waals surface area contributed by atoms with Crippen LogP contribution in [0.5, 0.6) is 11.5 Å². The predicted octanol–water partition coefficient (Wildman–Crippen LogP) is 4.06. The van der Waals surface area contributed by atoms with Crippen LogP contribution in [-0.4, -0.2) is 85.0 Å². The second-order valence-corrected chi connectivity index (χ2v) is 17.1. The van der Waals surface area contributed by atoms with E-state index in [1.165, 1.54) is 20.0 Å². The summed E-state index contributed by atoms with van der Waals surface area (Å²) in [5, 5.41) is 20.4. The average molecular weight is 600 g/mol. The Kier molecular flexibility index (Phi) is 9.43. The van der Waals surface area contributed by atoms with E-state index in [0.29, 0.717) is 19.8 Å². The number of thioether (sulfide) groups is 1.